The van der Waals surface area contributed by atoms with Gasteiger partial charge in [0.25, 0.3) is 0 Å². The van der Waals surface area contributed by atoms with Crippen molar-refractivity contribution in [2.24, 2.45) is 5.92 Å². The second-order valence-corrected chi connectivity index (χ2v) is 8.54. The van der Waals surface area contributed by atoms with Crippen LogP contribution in [0.15, 0.2) is 54.6 Å². The Hall–Kier alpha value is -2.14. The van der Waals surface area contributed by atoms with Gasteiger partial charge in [0.2, 0.25) is 5.91 Å². The van der Waals surface area contributed by atoms with Crippen molar-refractivity contribution in [3.8, 4) is 11.1 Å². The molecule has 24 heavy (non-hydrogen) atoms. The normalized spacial score (nSPS) is 19.1. The van der Waals surface area contributed by atoms with Crippen molar-refractivity contribution < 1.29 is 13.2 Å². The molecule has 1 atom stereocenters. The molecule has 0 spiro atoms. The minimum Gasteiger partial charge on any atom is -0.356 e. The highest BCUT2D eigenvalue weighted by Gasteiger charge is 2.27. The van der Waals surface area contributed by atoms with Crippen LogP contribution in [0.4, 0.5) is 0 Å². The summed E-state index contributed by atoms with van der Waals surface area (Å²) in [6.07, 6.45) is 0.961. The average Bonchev–Trinajstić information content (AvgIpc) is 2.94. The molecule has 0 bridgehead atoms. The molecule has 0 unspecified atom stereocenters. The van der Waals surface area contributed by atoms with E-state index in [1.807, 2.05) is 42.5 Å². The van der Waals surface area contributed by atoms with Gasteiger partial charge in [0.05, 0.1) is 17.9 Å². The highest BCUT2D eigenvalue weighted by Crippen LogP contribution is 2.20. The van der Waals surface area contributed by atoms with E-state index in [0.717, 1.165) is 16.7 Å². The molecule has 1 aliphatic heterocycles. The quantitative estimate of drug-likeness (QED) is 0.907. The number of benzene rings is 2. The molecule has 0 radical (unpaired) electrons. The fraction of sp³-hybridized carbons (Fsp3) is 0.316. The van der Waals surface area contributed by atoms with E-state index >= 15 is 0 Å². The molecule has 1 N–H and O–H groups in total. The minimum absolute atomic E-state index is 0.0550. The van der Waals surface area contributed by atoms with Crippen molar-refractivity contribution in [2.75, 3.05) is 18.1 Å². The number of rotatable bonds is 5. The van der Waals surface area contributed by atoms with Crippen LogP contribution in [0.2, 0.25) is 0 Å². The predicted molar refractivity (Wildman–Crippen MR) is 95.4 cm³/mol. The standard InChI is InChI=1S/C19H21NO3S/c21-19(20-13-16-10-11-24(22,23)14-16)12-15-6-8-18(9-7-15)17-4-2-1-3-5-17/h1-9,16H,10-14H2,(H,20,21)/t16-/m0/s1. The molecule has 3 rings (SSSR count). The molecule has 1 heterocycles. The summed E-state index contributed by atoms with van der Waals surface area (Å²) in [5.74, 6) is 0.430. The van der Waals surface area contributed by atoms with Crippen molar-refractivity contribution in [3.05, 3.63) is 60.2 Å². The summed E-state index contributed by atoms with van der Waals surface area (Å²) < 4.78 is 22.8. The Labute approximate surface area is 142 Å². The number of sulfone groups is 1. The average molecular weight is 343 g/mol. The first kappa shape index (κ1) is 16.7. The third-order valence-corrected chi connectivity index (χ3v) is 6.18. The van der Waals surface area contributed by atoms with Crippen LogP contribution in [-0.2, 0) is 21.1 Å². The Kier molecular flexibility index (Phi) is 5.00. The molecule has 1 aliphatic rings. The Morgan fingerprint density at radius 3 is 2.29 bits per heavy atom. The van der Waals surface area contributed by atoms with Crippen molar-refractivity contribution in [3.63, 3.8) is 0 Å². The summed E-state index contributed by atoms with van der Waals surface area (Å²) in [4.78, 5) is 12.0. The van der Waals surface area contributed by atoms with Gasteiger partial charge >= 0.3 is 0 Å². The smallest absolute Gasteiger partial charge is 0.224 e. The fourth-order valence-electron chi connectivity index (χ4n) is 2.98. The Morgan fingerprint density at radius 1 is 1.00 bits per heavy atom. The number of hydrogen-bond acceptors (Lipinski definition) is 3. The lowest BCUT2D eigenvalue weighted by atomic mass is 10.0. The van der Waals surface area contributed by atoms with Crippen LogP contribution < -0.4 is 5.32 Å². The predicted octanol–water partition coefficient (Wildman–Crippen LogP) is 2.45. The van der Waals surface area contributed by atoms with Crippen LogP contribution in [0.25, 0.3) is 11.1 Å². The van der Waals surface area contributed by atoms with Crippen LogP contribution in [0, 0.1) is 5.92 Å². The number of carbonyl (C=O) groups excluding carboxylic acids is 1. The van der Waals surface area contributed by atoms with Gasteiger partial charge in [-0.3, -0.25) is 4.79 Å². The van der Waals surface area contributed by atoms with Crippen molar-refractivity contribution in [1.29, 1.82) is 0 Å². The van der Waals surface area contributed by atoms with Gasteiger partial charge in [-0.2, -0.15) is 0 Å². The summed E-state index contributed by atoms with van der Waals surface area (Å²) in [6, 6.07) is 18.0. The molecule has 0 aromatic heterocycles. The highest BCUT2D eigenvalue weighted by atomic mass is 32.2. The molecule has 4 nitrogen and oxygen atoms in total. The number of carbonyl (C=O) groups is 1. The molecule has 1 saturated heterocycles. The number of amides is 1. The third kappa shape index (κ3) is 4.45. The van der Waals surface area contributed by atoms with Crippen molar-refractivity contribution in [1.82, 2.24) is 5.32 Å². The zero-order valence-corrected chi connectivity index (χ0v) is 14.3. The molecule has 1 amide bonds. The largest absolute Gasteiger partial charge is 0.356 e. The topological polar surface area (TPSA) is 63.2 Å². The van der Waals surface area contributed by atoms with Gasteiger partial charge in [-0.05, 0) is 29.0 Å². The SMILES string of the molecule is O=C(Cc1ccc(-c2ccccc2)cc1)NC[C@@H]1CCS(=O)(=O)C1. The summed E-state index contributed by atoms with van der Waals surface area (Å²) in [7, 11) is -2.88. The molecule has 1 fully saturated rings. The van der Waals surface area contributed by atoms with Gasteiger partial charge in [-0.15, -0.1) is 0 Å². The molecule has 2 aromatic carbocycles. The van der Waals surface area contributed by atoms with Crippen molar-refractivity contribution >= 4 is 15.7 Å². The summed E-state index contributed by atoms with van der Waals surface area (Å²) >= 11 is 0. The fourth-order valence-corrected chi connectivity index (χ4v) is 4.85. The van der Waals surface area contributed by atoms with Gasteiger partial charge in [0.15, 0.2) is 9.84 Å². The Morgan fingerprint density at radius 2 is 1.67 bits per heavy atom. The molecule has 0 saturated carbocycles. The molecule has 2 aromatic rings. The van der Waals surface area contributed by atoms with Gasteiger partial charge in [-0.25, -0.2) is 8.42 Å². The Bertz CT molecular complexity index is 798. The maximum atomic E-state index is 12.0. The lowest BCUT2D eigenvalue weighted by Gasteiger charge is -2.10. The summed E-state index contributed by atoms with van der Waals surface area (Å²) in [5, 5.41) is 2.85. The zero-order chi connectivity index (χ0) is 17.0. The first-order chi connectivity index (χ1) is 11.5. The summed E-state index contributed by atoms with van der Waals surface area (Å²) in [6.45, 7) is 0.445. The van der Waals surface area contributed by atoms with Crippen LogP contribution in [0.3, 0.4) is 0 Å². The summed E-state index contributed by atoms with van der Waals surface area (Å²) in [5.41, 5.74) is 3.22. The molecular weight excluding hydrogens is 322 g/mol. The maximum Gasteiger partial charge on any atom is 0.224 e. The van der Waals surface area contributed by atoms with E-state index in [1.165, 1.54) is 0 Å². The van der Waals surface area contributed by atoms with E-state index in [9.17, 15) is 13.2 Å². The van der Waals surface area contributed by atoms with Crippen LogP contribution in [-0.4, -0.2) is 32.4 Å². The lowest BCUT2D eigenvalue weighted by molar-refractivity contribution is -0.120. The van der Waals surface area contributed by atoms with Crippen LogP contribution >= 0.6 is 0 Å². The molecule has 0 aliphatic carbocycles. The van der Waals surface area contributed by atoms with E-state index in [-0.39, 0.29) is 23.3 Å². The molecule has 126 valence electrons. The zero-order valence-electron chi connectivity index (χ0n) is 13.4. The van der Waals surface area contributed by atoms with E-state index in [2.05, 4.69) is 17.4 Å². The van der Waals surface area contributed by atoms with E-state index in [0.29, 0.717) is 19.4 Å². The minimum atomic E-state index is -2.88. The van der Waals surface area contributed by atoms with E-state index in [4.69, 9.17) is 0 Å². The highest BCUT2D eigenvalue weighted by molar-refractivity contribution is 7.91. The first-order valence-corrected chi connectivity index (χ1v) is 9.95. The van der Waals surface area contributed by atoms with E-state index in [1.54, 1.807) is 0 Å². The van der Waals surface area contributed by atoms with Gasteiger partial charge in [0, 0.05) is 6.54 Å². The van der Waals surface area contributed by atoms with Gasteiger partial charge < -0.3 is 5.32 Å². The molecular formula is C19H21NO3S. The Balaban J connectivity index is 1.51. The second kappa shape index (κ2) is 7.18. The third-order valence-electron chi connectivity index (χ3n) is 4.34. The maximum absolute atomic E-state index is 12.0. The number of hydrogen-bond donors (Lipinski definition) is 1. The van der Waals surface area contributed by atoms with Gasteiger partial charge in [-0.1, -0.05) is 54.6 Å². The first-order valence-electron chi connectivity index (χ1n) is 8.13. The lowest BCUT2D eigenvalue weighted by Crippen LogP contribution is -2.30. The van der Waals surface area contributed by atoms with Crippen molar-refractivity contribution in [2.45, 2.75) is 12.8 Å². The number of nitrogens with one attached hydrogen (secondary N) is 1. The van der Waals surface area contributed by atoms with Crippen LogP contribution in [0.1, 0.15) is 12.0 Å². The molecule has 5 heteroatoms. The van der Waals surface area contributed by atoms with Gasteiger partial charge in [0.1, 0.15) is 0 Å². The monoisotopic (exact) mass is 343 g/mol. The second-order valence-electron chi connectivity index (χ2n) is 6.31. The van der Waals surface area contributed by atoms with Crippen LogP contribution in [0.5, 0.6) is 0 Å². The van der Waals surface area contributed by atoms with E-state index < -0.39 is 9.84 Å².